The van der Waals surface area contributed by atoms with E-state index in [0.717, 1.165) is 63.0 Å². The van der Waals surface area contributed by atoms with Crippen LogP contribution in [0.3, 0.4) is 0 Å². The molecule has 45 heavy (non-hydrogen) atoms. The molecule has 9 rings (SSSR count). The van der Waals surface area contributed by atoms with Crippen LogP contribution >= 0.6 is 22.9 Å². The molecule has 232 valence electrons. The molecule has 4 saturated heterocycles. The van der Waals surface area contributed by atoms with Crippen molar-refractivity contribution >= 4 is 54.7 Å². The molecular weight excluding hydrogens is 620 g/mol. The van der Waals surface area contributed by atoms with Gasteiger partial charge in [0.25, 0.3) is 0 Å². The largest absolute Gasteiger partial charge is 0.489 e. The van der Waals surface area contributed by atoms with E-state index in [1.165, 1.54) is 12.1 Å². The van der Waals surface area contributed by atoms with Crippen LogP contribution in [0.2, 0.25) is 5.02 Å². The molecule has 0 radical (unpaired) electrons. The number of nitrogen functional groups attached to an aromatic ring is 1. The van der Waals surface area contributed by atoms with Gasteiger partial charge in [-0.25, -0.2) is 8.78 Å². The Morgan fingerprint density at radius 1 is 1.20 bits per heavy atom. The van der Waals surface area contributed by atoms with Gasteiger partial charge >= 0.3 is 6.01 Å². The number of hydrogen-bond acceptors (Lipinski definition) is 10. The van der Waals surface area contributed by atoms with Crippen LogP contribution in [-0.2, 0) is 0 Å². The van der Waals surface area contributed by atoms with Crippen molar-refractivity contribution in [2.45, 2.75) is 62.2 Å². The normalized spacial score (nSPS) is 24.8. The van der Waals surface area contributed by atoms with Crippen molar-refractivity contribution in [1.82, 2.24) is 20.2 Å². The highest BCUT2D eigenvalue weighted by Crippen LogP contribution is 2.52. The molecule has 13 heteroatoms. The molecule has 3 N–H and O–H groups in total. The molecule has 9 nitrogen and oxygen atoms in total. The molecule has 3 atom stereocenters. The second kappa shape index (κ2) is 10.00. The van der Waals surface area contributed by atoms with Gasteiger partial charge in [0.1, 0.15) is 41.4 Å². The highest BCUT2D eigenvalue weighted by atomic mass is 35.5. The standard InChI is InChI=1S/C32H30ClF2N7O2S/c33-24-22(16-4-5-18(34)28-21(16)17(11-36)29(37)45-28)25(35)26-23-27(24)43-13-20-19-6-3-15(38-19)12-42(20)30(23)40-31(39-26)44-14-32-7-1-9-41(32)10-2-8-32/h4-5,15,19-20,38H,1-3,6-10,12-14,37H2/t15-,19+,20-/m1/s1. The van der Waals surface area contributed by atoms with Crippen LogP contribution in [0.4, 0.5) is 19.6 Å². The summed E-state index contributed by atoms with van der Waals surface area (Å²) in [4.78, 5) is 14.3. The number of anilines is 2. The van der Waals surface area contributed by atoms with Crippen LogP contribution in [0.15, 0.2) is 12.1 Å². The molecule has 5 aliphatic heterocycles. The Bertz CT molecular complexity index is 1950. The maximum absolute atomic E-state index is 17.1. The number of halogens is 3. The predicted molar refractivity (Wildman–Crippen MR) is 169 cm³/mol. The Labute approximate surface area is 266 Å². The molecule has 0 spiro atoms. The SMILES string of the molecule is N#Cc1c(N)sc2c(F)ccc(-c3c(Cl)c4c5c(nc(OCC67CCCN6CCC7)nc5c3F)N3C[C@H]5CC[C@H](N5)[C@H]3CO4)c12. The summed E-state index contributed by atoms with van der Waals surface area (Å²) in [6.07, 6.45) is 6.39. The van der Waals surface area contributed by atoms with Crippen molar-refractivity contribution in [3.05, 3.63) is 34.4 Å². The summed E-state index contributed by atoms with van der Waals surface area (Å²) in [5.74, 6) is -0.446. The fourth-order valence-electron chi connectivity index (χ4n) is 8.55. The van der Waals surface area contributed by atoms with Crippen LogP contribution in [0.25, 0.3) is 32.1 Å². The van der Waals surface area contributed by atoms with E-state index in [2.05, 4.69) is 26.2 Å². The Kier molecular flexibility index (Phi) is 6.17. The smallest absolute Gasteiger partial charge is 0.319 e. The number of thiophene rings is 1. The highest BCUT2D eigenvalue weighted by Gasteiger charge is 2.46. The third-order valence-electron chi connectivity index (χ3n) is 10.7. The first kappa shape index (κ1) is 27.8. The minimum absolute atomic E-state index is 0.0160. The van der Waals surface area contributed by atoms with Crippen LogP contribution in [0.5, 0.6) is 11.8 Å². The number of nitrogens with one attached hydrogen (secondary N) is 1. The number of fused-ring (bicyclic) bond motifs is 7. The minimum Gasteiger partial charge on any atom is -0.489 e. The van der Waals surface area contributed by atoms with E-state index in [-0.39, 0.29) is 77.7 Å². The Morgan fingerprint density at radius 3 is 2.82 bits per heavy atom. The zero-order valence-corrected chi connectivity index (χ0v) is 25.9. The predicted octanol–water partition coefficient (Wildman–Crippen LogP) is 5.61. The fraction of sp³-hybridized carbons (Fsp3) is 0.469. The lowest BCUT2D eigenvalue weighted by atomic mass is 9.95. The van der Waals surface area contributed by atoms with E-state index in [1.807, 2.05) is 0 Å². The average Bonchev–Trinajstić information content (AvgIpc) is 3.78. The third-order valence-corrected chi connectivity index (χ3v) is 12.0. The lowest BCUT2D eigenvalue weighted by Gasteiger charge is -2.40. The van der Waals surface area contributed by atoms with Crippen molar-refractivity contribution in [1.29, 1.82) is 5.26 Å². The number of benzene rings is 2. The van der Waals surface area contributed by atoms with Crippen molar-refractivity contribution in [3.8, 4) is 29.0 Å². The van der Waals surface area contributed by atoms with Gasteiger partial charge in [-0.05, 0) is 63.2 Å². The molecule has 0 unspecified atom stereocenters. The first-order valence-electron chi connectivity index (χ1n) is 15.5. The monoisotopic (exact) mass is 649 g/mol. The fourth-order valence-corrected chi connectivity index (χ4v) is 9.84. The van der Waals surface area contributed by atoms with Crippen LogP contribution in [0.1, 0.15) is 44.1 Å². The number of nitrogens with zero attached hydrogens (tertiary/aromatic N) is 5. The van der Waals surface area contributed by atoms with E-state index in [9.17, 15) is 9.65 Å². The summed E-state index contributed by atoms with van der Waals surface area (Å²) in [7, 11) is 0. The van der Waals surface area contributed by atoms with Crippen molar-refractivity contribution in [3.63, 3.8) is 0 Å². The molecule has 0 aliphatic carbocycles. The van der Waals surface area contributed by atoms with E-state index >= 15 is 4.39 Å². The Balaban J connectivity index is 1.27. The van der Waals surface area contributed by atoms with E-state index in [1.54, 1.807) is 0 Å². The Morgan fingerprint density at radius 2 is 2.02 bits per heavy atom. The third kappa shape index (κ3) is 3.94. The van der Waals surface area contributed by atoms with Gasteiger partial charge in [0, 0.05) is 29.6 Å². The first-order chi connectivity index (χ1) is 21.9. The van der Waals surface area contributed by atoms with Gasteiger partial charge < -0.3 is 25.4 Å². The molecule has 4 fully saturated rings. The second-order valence-electron chi connectivity index (χ2n) is 12.9. The minimum atomic E-state index is -0.713. The molecule has 2 bridgehead atoms. The molecule has 2 aromatic carbocycles. The molecule has 7 heterocycles. The van der Waals surface area contributed by atoms with Gasteiger partial charge in [-0.15, -0.1) is 11.3 Å². The van der Waals surface area contributed by atoms with Crippen molar-refractivity contribution in [2.24, 2.45) is 0 Å². The van der Waals surface area contributed by atoms with Crippen molar-refractivity contribution in [2.75, 3.05) is 43.5 Å². The molecular formula is C32H30ClF2N7O2S. The zero-order chi connectivity index (χ0) is 30.6. The topological polar surface area (TPSA) is 113 Å². The van der Waals surface area contributed by atoms with Crippen LogP contribution in [0, 0.1) is 23.0 Å². The summed E-state index contributed by atoms with van der Waals surface area (Å²) < 4.78 is 45.1. The lowest BCUT2D eigenvalue weighted by molar-refractivity contribution is 0.108. The van der Waals surface area contributed by atoms with Gasteiger partial charge in [0.2, 0.25) is 0 Å². The summed E-state index contributed by atoms with van der Waals surface area (Å²) in [5.41, 5.74) is 6.39. The summed E-state index contributed by atoms with van der Waals surface area (Å²) >= 11 is 8.03. The molecule has 0 amide bonds. The average molecular weight is 650 g/mol. The molecule has 2 aromatic heterocycles. The maximum Gasteiger partial charge on any atom is 0.319 e. The summed E-state index contributed by atoms with van der Waals surface area (Å²) in [6, 6.07) is 5.27. The quantitative estimate of drug-likeness (QED) is 0.292. The van der Waals surface area contributed by atoms with Crippen LogP contribution < -0.4 is 25.4 Å². The molecule has 5 aliphatic rings. The molecule has 4 aromatic rings. The number of ether oxygens (including phenoxy) is 2. The summed E-state index contributed by atoms with van der Waals surface area (Å²) in [6.45, 7) is 3.53. The number of piperazine rings is 1. The van der Waals surface area contributed by atoms with E-state index in [0.29, 0.717) is 31.0 Å². The first-order valence-corrected chi connectivity index (χ1v) is 16.7. The van der Waals surface area contributed by atoms with Crippen molar-refractivity contribution < 1.29 is 18.3 Å². The Hall–Kier alpha value is -3.50. The zero-order valence-electron chi connectivity index (χ0n) is 24.3. The highest BCUT2D eigenvalue weighted by molar-refractivity contribution is 7.23. The lowest BCUT2D eigenvalue weighted by Crippen LogP contribution is -2.60. The maximum atomic E-state index is 17.1. The van der Waals surface area contributed by atoms with Gasteiger partial charge in [-0.3, -0.25) is 4.90 Å². The van der Waals surface area contributed by atoms with Gasteiger partial charge in [0.15, 0.2) is 11.6 Å². The van der Waals surface area contributed by atoms with Gasteiger partial charge in [0.05, 0.1) is 32.3 Å². The number of nitriles is 1. The van der Waals surface area contributed by atoms with E-state index < -0.39 is 11.6 Å². The second-order valence-corrected chi connectivity index (χ2v) is 14.4. The van der Waals surface area contributed by atoms with Crippen LogP contribution in [-0.4, -0.2) is 71.4 Å². The number of nitrogens with two attached hydrogens (primary N) is 1. The molecule has 0 saturated carbocycles. The number of rotatable bonds is 4. The van der Waals surface area contributed by atoms with Gasteiger partial charge in [-0.2, -0.15) is 15.2 Å². The summed E-state index contributed by atoms with van der Waals surface area (Å²) in [5, 5.41) is 14.4. The van der Waals surface area contributed by atoms with E-state index in [4.69, 9.17) is 31.8 Å². The van der Waals surface area contributed by atoms with Gasteiger partial charge in [-0.1, -0.05) is 17.7 Å². The number of hydrogen-bond donors (Lipinski definition) is 2. The number of aromatic nitrogens is 2.